The molecule has 1 fully saturated rings. The Morgan fingerprint density at radius 3 is 2.73 bits per heavy atom. The van der Waals surface area contributed by atoms with E-state index in [1.54, 1.807) is 10.5 Å². The molecule has 0 N–H and O–H groups in total. The van der Waals surface area contributed by atoms with Gasteiger partial charge >= 0.3 is 0 Å². The first kappa shape index (κ1) is 20.0. The van der Waals surface area contributed by atoms with E-state index in [2.05, 4.69) is 22.0 Å². The van der Waals surface area contributed by atoms with Gasteiger partial charge < -0.3 is 4.90 Å². The highest BCUT2D eigenvalue weighted by molar-refractivity contribution is 5.94. The van der Waals surface area contributed by atoms with Crippen LogP contribution in [0.25, 0.3) is 16.7 Å². The van der Waals surface area contributed by atoms with Crippen LogP contribution in [0.2, 0.25) is 0 Å². The maximum atomic E-state index is 14.8. The predicted molar refractivity (Wildman–Crippen MR) is 119 cm³/mol. The first-order valence-corrected chi connectivity index (χ1v) is 11.0. The smallest absolute Gasteiger partial charge is 0.261 e. The Hall–Kier alpha value is -3.60. The van der Waals surface area contributed by atoms with E-state index in [4.69, 9.17) is 4.98 Å². The van der Waals surface area contributed by atoms with Crippen LogP contribution in [0.5, 0.6) is 0 Å². The van der Waals surface area contributed by atoms with Gasteiger partial charge in [0.2, 0.25) is 0 Å². The molecule has 1 saturated carbocycles. The number of benzene rings is 2. The lowest BCUT2D eigenvalue weighted by atomic mass is 9.94. The lowest BCUT2D eigenvalue weighted by Crippen LogP contribution is -2.26. The zero-order chi connectivity index (χ0) is 22.8. The number of halogens is 3. The average Bonchev–Trinajstić information content (AvgIpc) is 3.47. The highest BCUT2D eigenvalue weighted by Crippen LogP contribution is 2.56. The molecule has 4 aromatic rings. The van der Waals surface area contributed by atoms with Crippen molar-refractivity contribution in [2.24, 2.45) is 5.41 Å². The van der Waals surface area contributed by atoms with E-state index in [1.807, 2.05) is 29.2 Å². The number of para-hydroxylation sites is 1. The van der Waals surface area contributed by atoms with Crippen molar-refractivity contribution in [3.8, 4) is 11.8 Å². The van der Waals surface area contributed by atoms with Gasteiger partial charge in [-0.05, 0) is 55.5 Å². The number of hydrogen-bond acceptors (Lipinski definition) is 4. The van der Waals surface area contributed by atoms with Crippen LogP contribution < -0.4 is 4.90 Å². The normalized spacial score (nSPS) is 17.0. The fourth-order valence-electron chi connectivity index (χ4n) is 4.71. The second-order valence-electron chi connectivity index (χ2n) is 8.85. The Kier molecular flexibility index (Phi) is 4.22. The number of aromatic nitrogens is 4. The standard InChI is InChI=1S/C25H20F3N5/c1-24(27,28)25(12-13-25)11-10-16-5-2-9-20-17(16)7-4-14-32(20)22-18-6-3-8-19(26)21(18)33-15-29-31-23(33)30-22/h2-3,5-6,8-9,15H,4,7,12-14H2,1H3. The number of anilines is 2. The Morgan fingerprint density at radius 1 is 1.12 bits per heavy atom. The van der Waals surface area contributed by atoms with Crippen LogP contribution >= 0.6 is 0 Å². The summed E-state index contributed by atoms with van der Waals surface area (Å²) in [6, 6.07) is 10.6. The third kappa shape index (κ3) is 3.06. The van der Waals surface area contributed by atoms with Crippen molar-refractivity contribution in [2.75, 3.05) is 11.4 Å². The van der Waals surface area contributed by atoms with Gasteiger partial charge in [0.25, 0.3) is 11.7 Å². The van der Waals surface area contributed by atoms with Crippen LogP contribution in [0.4, 0.5) is 24.7 Å². The Morgan fingerprint density at radius 2 is 1.94 bits per heavy atom. The van der Waals surface area contributed by atoms with Crippen LogP contribution in [-0.2, 0) is 6.42 Å². The first-order chi connectivity index (χ1) is 15.9. The lowest BCUT2D eigenvalue weighted by molar-refractivity contribution is -0.0294. The van der Waals surface area contributed by atoms with E-state index in [9.17, 15) is 13.2 Å². The Labute approximate surface area is 188 Å². The molecule has 5 nitrogen and oxygen atoms in total. The van der Waals surface area contributed by atoms with Gasteiger partial charge in [0.05, 0.1) is 10.9 Å². The molecule has 6 rings (SSSR count). The predicted octanol–water partition coefficient (Wildman–Crippen LogP) is 5.29. The highest BCUT2D eigenvalue weighted by atomic mass is 19.3. The molecule has 0 spiro atoms. The van der Waals surface area contributed by atoms with Crippen molar-refractivity contribution in [1.29, 1.82) is 0 Å². The fraction of sp³-hybridized carbons (Fsp3) is 0.320. The van der Waals surface area contributed by atoms with Crippen molar-refractivity contribution in [1.82, 2.24) is 19.6 Å². The molecule has 2 aliphatic rings. The highest BCUT2D eigenvalue weighted by Gasteiger charge is 2.58. The van der Waals surface area contributed by atoms with Crippen LogP contribution in [0, 0.1) is 23.1 Å². The van der Waals surface area contributed by atoms with Crippen molar-refractivity contribution in [3.63, 3.8) is 0 Å². The molecule has 8 heteroatoms. The summed E-state index contributed by atoms with van der Waals surface area (Å²) >= 11 is 0. The zero-order valence-corrected chi connectivity index (χ0v) is 17.9. The number of nitrogens with zero attached hydrogens (tertiary/aromatic N) is 5. The minimum atomic E-state index is -2.82. The molecule has 2 aromatic carbocycles. The summed E-state index contributed by atoms with van der Waals surface area (Å²) in [6.45, 7) is 1.64. The quantitative estimate of drug-likeness (QED) is 0.392. The Bertz CT molecular complexity index is 1470. The van der Waals surface area contributed by atoms with E-state index < -0.39 is 11.3 Å². The summed E-state index contributed by atoms with van der Waals surface area (Å²) in [5, 5.41) is 8.58. The summed E-state index contributed by atoms with van der Waals surface area (Å²) in [5.74, 6) is 3.65. The van der Waals surface area contributed by atoms with E-state index in [-0.39, 0.29) is 5.82 Å². The second kappa shape index (κ2) is 6.95. The zero-order valence-electron chi connectivity index (χ0n) is 17.9. The molecular formula is C25H20F3N5. The molecule has 1 aliphatic carbocycles. The van der Waals surface area contributed by atoms with E-state index in [0.29, 0.717) is 41.9 Å². The molecule has 0 unspecified atom stereocenters. The molecular weight excluding hydrogens is 427 g/mol. The van der Waals surface area contributed by atoms with E-state index in [0.717, 1.165) is 36.6 Å². The minimum Gasteiger partial charge on any atom is -0.325 e. The van der Waals surface area contributed by atoms with E-state index in [1.165, 1.54) is 12.4 Å². The van der Waals surface area contributed by atoms with Gasteiger partial charge in [0, 0.05) is 30.1 Å². The Balaban J connectivity index is 1.50. The SMILES string of the molecule is CC(F)(F)C1(C#Cc2cccc3c2CCCN3c2nc3nncn3c3c(F)cccc23)CC1. The number of fused-ring (bicyclic) bond motifs is 4. The van der Waals surface area contributed by atoms with Crippen LogP contribution in [0.3, 0.4) is 0 Å². The van der Waals surface area contributed by atoms with Crippen LogP contribution in [0.15, 0.2) is 42.7 Å². The summed E-state index contributed by atoms with van der Waals surface area (Å²) in [4.78, 5) is 6.74. The van der Waals surface area contributed by atoms with Crippen molar-refractivity contribution in [2.45, 2.75) is 38.5 Å². The van der Waals surface area contributed by atoms with Crippen molar-refractivity contribution >= 4 is 28.2 Å². The third-order valence-electron chi connectivity index (χ3n) is 6.74. The number of hydrogen-bond donors (Lipinski definition) is 0. The molecule has 0 radical (unpaired) electrons. The summed E-state index contributed by atoms with van der Waals surface area (Å²) < 4.78 is 44.4. The van der Waals surface area contributed by atoms with Gasteiger partial charge in [-0.1, -0.05) is 24.0 Å². The van der Waals surface area contributed by atoms with E-state index >= 15 is 0 Å². The van der Waals surface area contributed by atoms with Crippen molar-refractivity contribution in [3.05, 3.63) is 59.7 Å². The maximum Gasteiger partial charge on any atom is 0.261 e. The largest absolute Gasteiger partial charge is 0.325 e. The van der Waals surface area contributed by atoms with Gasteiger partial charge in [0.1, 0.15) is 18.0 Å². The third-order valence-corrected chi connectivity index (χ3v) is 6.74. The monoisotopic (exact) mass is 447 g/mol. The summed E-state index contributed by atoms with van der Waals surface area (Å²) in [5.41, 5.74) is 1.82. The topological polar surface area (TPSA) is 46.3 Å². The molecule has 33 heavy (non-hydrogen) atoms. The average molecular weight is 447 g/mol. The summed E-state index contributed by atoms with van der Waals surface area (Å²) in [6.07, 6.45) is 3.91. The first-order valence-electron chi connectivity index (χ1n) is 11.0. The molecule has 0 atom stereocenters. The molecule has 2 aromatic heterocycles. The van der Waals surface area contributed by atoms with Gasteiger partial charge in [-0.15, -0.1) is 10.2 Å². The fourth-order valence-corrected chi connectivity index (χ4v) is 4.71. The molecule has 1 aliphatic heterocycles. The number of rotatable bonds is 2. The maximum absolute atomic E-state index is 14.8. The van der Waals surface area contributed by atoms with Gasteiger partial charge in [0.15, 0.2) is 0 Å². The minimum absolute atomic E-state index is 0.312. The molecule has 0 saturated heterocycles. The molecule has 0 amide bonds. The molecule has 166 valence electrons. The summed E-state index contributed by atoms with van der Waals surface area (Å²) in [7, 11) is 0. The van der Waals surface area contributed by atoms with Crippen LogP contribution in [0.1, 0.15) is 37.3 Å². The molecule has 0 bridgehead atoms. The van der Waals surface area contributed by atoms with Gasteiger partial charge in [-0.2, -0.15) is 4.98 Å². The molecule has 3 heterocycles. The second-order valence-corrected chi connectivity index (χ2v) is 8.85. The lowest BCUT2D eigenvalue weighted by Gasteiger charge is -2.32. The number of alkyl halides is 2. The van der Waals surface area contributed by atoms with Gasteiger partial charge in [-0.3, -0.25) is 4.40 Å². The van der Waals surface area contributed by atoms with Gasteiger partial charge in [-0.25, -0.2) is 13.2 Å². The van der Waals surface area contributed by atoms with Crippen LogP contribution in [-0.4, -0.2) is 32.0 Å². The van der Waals surface area contributed by atoms with Crippen molar-refractivity contribution < 1.29 is 13.2 Å².